The summed E-state index contributed by atoms with van der Waals surface area (Å²) in [5.74, 6) is -2.46. The summed E-state index contributed by atoms with van der Waals surface area (Å²) in [6, 6.07) is 6.26. The van der Waals surface area contributed by atoms with Gasteiger partial charge in [-0.1, -0.05) is 23.1 Å². The molecule has 0 aliphatic carbocycles. The predicted octanol–water partition coefficient (Wildman–Crippen LogP) is 5.73. The number of thiazole rings is 1. The third-order valence-electron chi connectivity index (χ3n) is 2.49. The molecule has 9 heteroatoms. The standard InChI is InChI=1S/C12H11F2N3OS3/c1-2-17-10(18)9(21-12(17)19)16-15-7-3-5-8(6-4-7)20-11(13)14/h3-6,11,18H,2H2,1H3. The number of alkyl halides is 2. The molecule has 0 atom stereocenters. The summed E-state index contributed by atoms with van der Waals surface area (Å²) in [6.45, 7) is 2.42. The molecule has 4 nitrogen and oxygen atoms in total. The number of nitrogens with zero attached hydrogens (tertiary/aromatic N) is 3. The lowest BCUT2D eigenvalue weighted by atomic mass is 10.3. The normalized spacial score (nSPS) is 11.6. The summed E-state index contributed by atoms with van der Waals surface area (Å²) in [5.41, 5.74) is 0.510. The van der Waals surface area contributed by atoms with E-state index in [0.29, 0.717) is 37.8 Å². The molecule has 0 amide bonds. The third-order valence-corrected chi connectivity index (χ3v) is 4.53. The van der Waals surface area contributed by atoms with Gasteiger partial charge >= 0.3 is 0 Å². The van der Waals surface area contributed by atoms with E-state index in [0.717, 1.165) is 11.3 Å². The number of thioether (sulfide) groups is 1. The van der Waals surface area contributed by atoms with Crippen LogP contribution in [0.1, 0.15) is 6.92 Å². The van der Waals surface area contributed by atoms with Crippen LogP contribution in [0.5, 0.6) is 5.88 Å². The number of aromatic hydroxyl groups is 1. The molecule has 0 saturated heterocycles. The highest BCUT2D eigenvalue weighted by Gasteiger charge is 2.10. The molecular formula is C12H11F2N3OS3. The fourth-order valence-corrected chi connectivity index (χ4v) is 3.25. The van der Waals surface area contributed by atoms with Crippen molar-refractivity contribution in [1.82, 2.24) is 4.57 Å². The van der Waals surface area contributed by atoms with Crippen molar-refractivity contribution >= 4 is 46.0 Å². The van der Waals surface area contributed by atoms with E-state index >= 15 is 0 Å². The second kappa shape index (κ2) is 7.10. The molecule has 0 aliphatic rings. The highest BCUT2D eigenvalue weighted by Crippen LogP contribution is 2.35. The monoisotopic (exact) mass is 347 g/mol. The van der Waals surface area contributed by atoms with Crippen molar-refractivity contribution in [3.63, 3.8) is 0 Å². The number of azo groups is 1. The van der Waals surface area contributed by atoms with E-state index in [-0.39, 0.29) is 5.88 Å². The Bertz CT molecular complexity index is 695. The Labute approximate surface area is 133 Å². The minimum absolute atomic E-state index is 0.0128. The van der Waals surface area contributed by atoms with E-state index in [9.17, 15) is 13.9 Å². The second-order valence-electron chi connectivity index (χ2n) is 3.81. The van der Waals surface area contributed by atoms with Gasteiger partial charge in [0.15, 0.2) is 3.95 Å². The minimum atomic E-state index is -2.45. The van der Waals surface area contributed by atoms with Gasteiger partial charge in [0.1, 0.15) is 0 Å². The molecule has 2 aromatic rings. The number of rotatable bonds is 5. The number of aromatic nitrogens is 1. The van der Waals surface area contributed by atoms with E-state index in [4.69, 9.17) is 12.2 Å². The highest BCUT2D eigenvalue weighted by atomic mass is 32.2. The summed E-state index contributed by atoms with van der Waals surface area (Å²) in [5, 5.41) is 18.1. The van der Waals surface area contributed by atoms with Crippen molar-refractivity contribution in [3.05, 3.63) is 28.2 Å². The predicted molar refractivity (Wildman–Crippen MR) is 83.0 cm³/mol. The lowest BCUT2D eigenvalue weighted by Gasteiger charge is -1.99. The summed E-state index contributed by atoms with van der Waals surface area (Å²) in [6.07, 6.45) is 0. The van der Waals surface area contributed by atoms with Crippen molar-refractivity contribution in [2.45, 2.75) is 24.1 Å². The smallest absolute Gasteiger partial charge is 0.288 e. The molecule has 1 heterocycles. The van der Waals surface area contributed by atoms with E-state index < -0.39 is 5.76 Å². The quantitative estimate of drug-likeness (QED) is 0.426. The summed E-state index contributed by atoms with van der Waals surface area (Å²) >= 11 is 6.73. The first-order valence-electron chi connectivity index (χ1n) is 5.90. The maximum absolute atomic E-state index is 12.2. The van der Waals surface area contributed by atoms with Crippen LogP contribution < -0.4 is 0 Å². The van der Waals surface area contributed by atoms with Crippen LogP contribution in [0.15, 0.2) is 39.4 Å². The van der Waals surface area contributed by atoms with Gasteiger partial charge in [-0.05, 0) is 43.4 Å². The fourth-order valence-electron chi connectivity index (χ4n) is 1.53. The van der Waals surface area contributed by atoms with Crippen LogP contribution in [0.3, 0.4) is 0 Å². The van der Waals surface area contributed by atoms with Crippen molar-refractivity contribution < 1.29 is 13.9 Å². The molecule has 1 aromatic carbocycles. The van der Waals surface area contributed by atoms with Gasteiger partial charge in [0.25, 0.3) is 5.76 Å². The molecule has 1 aromatic heterocycles. The van der Waals surface area contributed by atoms with Gasteiger partial charge in [-0.15, -0.1) is 10.2 Å². The van der Waals surface area contributed by atoms with Crippen LogP contribution in [0.2, 0.25) is 0 Å². The van der Waals surface area contributed by atoms with Crippen molar-refractivity contribution in [3.8, 4) is 5.88 Å². The molecule has 112 valence electrons. The molecule has 1 N–H and O–H groups in total. The Hall–Kier alpha value is -1.32. The van der Waals surface area contributed by atoms with Crippen LogP contribution in [0.25, 0.3) is 0 Å². The highest BCUT2D eigenvalue weighted by molar-refractivity contribution is 7.99. The van der Waals surface area contributed by atoms with Gasteiger partial charge in [-0.25, -0.2) is 0 Å². The van der Waals surface area contributed by atoms with Crippen LogP contribution in [0.4, 0.5) is 19.5 Å². The average molecular weight is 347 g/mol. The average Bonchev–Trinajstić information content (AvgIpc) is 2.71. The van der Waals surface area contributed by atoms with Crippen molar-refractivity contribution in [2.24, 2.45) is 10.2 Å². The van der Waals surface area contributed by atoms with Crippen molar-refractivity contribution in [1.29, 1.82) is 0 Å². The zero-order valence-corrected chi connectivity index (χ0v) is 13.3. The van der Waals surface area contributed by atoms with Crippen LogP contribution in [-0.2, 0) is 6.54 Å². The van der Waals surface area contributed by atoms with Crippen LogP contribution >= 0.6 is 35.3 Å². The molecular weight excluding hydrogens is 336 g/mol. The summed E-state index contributed by atoms with van der Waals surface area (Å²) < 4.78 is 26.5. The molecule has 0 aliphatic heterocycles. The minimum Gasteiger partial charge on any atom is -0.492 e. The molecule has 0 unspecified atom stereocenters. The van der Waals surface area contributed by atoms with Gasteiger partial charge < -0.3 is 5.11 Å². The number of hydrogen-bond acceptors (Lipinski definition) is 6. The lowest BCUT2D eigenvalue weighted by Crippen LogP contribution is -1.90. The van der Waals surface area contributed by atoms with Gasteiger partial charge in [0, 0.05) is 11.4 Å². The first kappa shape index (κ1) is 16.1. The van der Waals surface area contributed by atoms with Gasteiger partial charge in [-0.3, -0.25) is 4.57 Å². The first-order chi connectivity index (χ1) is 10.0. The Balaban J connectivity index is 2.16. The maximum Gasteiger partial charge on any atom is 0.288 e. The zero-order chi connectivity index (χ0) is 15.4. The van der Waals surface area contributed by atoms with Gasteiger partial charge in [-0.2, -0.15) is 8.78 Å². The molecule has 21 heavy (non-hydrogen) atoms. The topological polar surface area (TPSA) is 49.9 Å². The summed E-state index contributed by atoms with van der Waals surface area (Å²) in [4.78, 5) is 0.458. The van der Waals surface area contributed by atoms with Crippen molar-refractivity contribution in [2.75, 3.05) is 0 Å². The number of benzene rings is 1. The van der Waals surface area contributed by atoms with E-state index in [1.54, 1.807) is 28.8 Å². The Kier molecular flexibility index (Phi) is 5.43. The third kappa shape index (κ3) is 4.08. The zero-order valence-electron chi connectivity index (χ0n) is 10.9. The van der Waals surface area contributed by atoms with E-state index in [1.807, 2.05) is 6.92 Å². The molecule has 0 bridgehead atoms. The SMILES string of the molecule is CCn1c(O)c(N=Nc2ccc(SC(F)F)cc2)sc1=S. The maximum atomic E-state index is 12.2. The molecule has 0 saturated carbocycles. The van der Waals surface area contributed by atoms with E-state index in [1.165, 1.54) is 0 Å². The fraction of sp³-hybridized carbons (Fsp3) is 0.250. The number of halogens is 2. The largest absolute Gasteiger partial charge is 0.492 e. The Morgan fingerprint density at radius 2 is 2.00 bits per heavy atom. The molecule has 0 fully saturated rings. The lowest BCUT2D eigenvalue weighted by molar-refractivity contribution is 0.252. The molecule has 2 rings (SSSR count). The Morgan fingerprint density at radius 3 is 2.52 bits per heavy atom. The Morgan fingerprint density at radius 1 is 1.33 bits per heavy atom. The van der Waals surface area contributed by atoms with Crippen LogP contribution in [-0.4, -0.2) is 15.4 Å². The molecule has 0 radical (unpaired) electrons. The summed E-state index contributed by atoms with van der Waals surface area (Å²) in [7, 11) is 0. The second-order valence-corrected chi connectivity index (χ2v) is 6.50. The van der Waals surface area contributed by atoms with E-state index in [2.05, 4.69) is 10.2 Å². The first-order valence-corrected chi connectivity index (χ1v) is 8.01. The van der Waals surface area contributed by atoms with Crippen LogP contribution in [0, 0.1) is 3.95 Å². The molecule has 0 spiro atoms. The van der Waals surface area contributed by atoms with Gasteiger partial charge in [0.2, 0.25) is 10.9 Å². The van der Waals surface area contributed by atoms with Gasteiger partial charge in [0.05, 0.1) is 5.69 Å². The number of hydrogen-bond donors (Lipinski definition) is 1.